The minimum atomic E-state index is -4.88. The number of primary amides is 1. The van der Waals surface area contributed by atoms with Gasteiger partial charge in [0.2, 0.25) is 5.91 Å². The molecule has 0 aromatic heterocycles. The Kier molecular flexibility index (Phi) is 3.03. The van der Waals surface area contributed by atoms with Gasteiger partial charge in [-0.3, -0.25) is 4.79 Å². The number of benzene rings is 1. The highest BCUT2D eigenvalue weighted by Crippen LogP contribution is 2.38. The van der Waals surface area contributed by atoms with Gasteiger partial charge >= 0.3 is 6.18 Å². The van der Waals surface area contributed by atoms with Crippen LogP contribution in [0, 0.1) is 5.82 Å². The molecule has 2 N–H and O–H groups in total. The molecule has 7 heteroatoms. The summed E-state index contributed by atoms with van der Waals surface area (Å²) in [6.07, 6.45) is -4.88. The lowest BCUT2D eigenvalue weighted by Crippen LogP contribution is -2.16. The fourth-order valence-corrected chi connectivity index (χ4v) is 1.74. The minimum Gasteiger partial charge on any atom is -0.366 e. The van der Waals surface area contributed by atoms with E-state index in [0.29, 0.717) is 6.07 Å². The molecule has 0 aliphatic carbocycles. The van der Waals surface area contributed by atoms with Crippen LogP contribution >= 0.6 is 15.9 Å². The van der Waals surface area contributed by atoms with E-state index < -0.39 is 33.5 Å². The number of carbonyl (C=O) groups excluding carboxylic acids is 1. The van der Waals surface area contributed by atoms with Crippen molar-refractivity contribution in [2.45, 2.75) is 6.18 Å². The van der Waals surface area contributed by atoms with Crippen molar-refractivity contribution in [3.05, 3.63) is 33.5 Å². The first-order valence-corrected chi connectivity index (χ1v) is 4.39. The quantitative estimate of drug-likeness (QED) is 0.792. The van der Waals surface area contributed by atoms with Crippen LogP contribution < -0.4 is 5.73 Å². The van der Waals surface area contributed by atoms with E-state index in [1.165, 1.54) is 0 Å². The number of rotatable bonds is 1. The summed E-state index contributed by atoms with van der Waals surface area (Å²) >= 11 is 2.51. The van der Waals surface area contributed by atoms with Gasteiger partial charge in [0.15, 0.2) is 0 Å². The first-order valence-electron chi connectivity index (χ1n) is 3.60. The molecule has 0 fully saturated rings. The van der Waals surface area contributed by atoms with Crippen molar-refractivity contribution in [3.8, 4) is 0 Å². The molecule has 0 aliphatic heterocycles. The summed E-state index contributed by atoms with van der Waals surface area (Å²) in [5.41, 5.74) is 2.88. The molecule has 1 aromatic rings. The summed E-state index contributed by atoms with van der Waals surface area (Å²) in [6.45, 7) is 0. The summed E-state index contributed by atoms with van der Waals surface area (Å²) in [6, 6.07) is 1.44. The zero-order valence-corrected chi connectivity index (χ0v) is 8.62. The van der Waals surface area contributed by atoms with Crippen LogP contribution in [0.4, 0.5) is 17.6 Å². The Morgan fingerprint density at radius 1 is 1.33 bits per heavy atom. The molecule has 1 amide bonds. The second kappa shape index (κ2) is 3.80. The third-order valence-corrected chi connectivity index (χ3v) is 2.46. The number of hydrogen-bond acceptors (Lipinski definition) is 1. The normalized spacial score (nSPS) is 11.5. The van der Waals surface area contributed by atoms with Gasteiger partial charge in [0.1, 0.15) is 11.4 Å². The van der Waals surface area contributed by atoms with Gasteiger partial charge in [0.25, 0.3) is 0 Å². The molecular formula is C8H4BrF4NO. The molecule has 0 unspecified atom stereocenters. The van der Waals surface area contributed by atoms with E-state index in [1.807, 2.05) is 0 Å². The third-order valence-electron chi connectivity index (χ3n) is 1.64. The van der Waals surface area contributed by atoms with E-state index in [1.54, 1.807) is 0 Å². The number of amides is 1. The number of carbonyl (C=O) groups is 1. The Balaban J connectivity index is 3.51. The summed E-state index contributed by atoms with van der Waals surface area (Å²) < 4.78 is 49.2. The first kappa shape index (κ1) is 12.0. The van der Waals surface area contributed by atoms with Gasteiger partial charge in [-0.25, -0.2) is 4.39 Å². The molecule has 0 bridgehead atoms. The Labute approximate surface area is 90.2 Å². The standard InChI is InChI=1S/C8H4BrF4NO/c9-6-3(7(14)15)1-2-4(10)5(6)8(11,12)13/h1-2H,(H2,14,15). The van der Waals surface area contributed by atoms with Crippen molar-refractivity contribution in [3.63, 3.8) is 0 Å². The Morgan fingerprint density at radius 2 is 1.87 bits per heavy atom. The van der Waals surface area contributed by atoms with E-state index in [0.717, 1.165) is 6.07 Å². The van der Waals surface area contributed by atoms with Crippen LogP contribution in [-0.2, 0) is 6.18 Å². The fraction of sp³-hybridized carbons (Fsp3) is 0.125. The molecule has 15 heavy (non-hydrogen) atoms. The van der Waals surface area contributed by atoms with Gasteiger partial charge in [0.05, 0.1) is 5.56 Å². The van der Waals surface area contributed by atoms with Crippen molar-refractivity contribution in [1.29, 1.82) is 0 Å². The van der Waals surface area contributed by atoms with E-state index in [9.17, 15) is 22.4 Å². The van der Waals surface area contributed by atoms with Gasteiger partial charge in [0, 0.05) is 4.47 Å². The maximum atomic E-state index is 12.9. The van der Waals surface area contributed by atoms with Crippen LogP contribution in [0.2, 0.25) is 0 Å². The zero-order chi connectivity index (χ0) is 11.8. The first-order chi connectivity index (χ1) is 6.75. The minimum absolute atomic E-state index is 0.413. The summed E-state index contributed by atoms with van der Waals surface area (Å²) in [7, 11) is 0. The average molecular weight is 286 g/mol. The lowest BCUT2D eigenvalue weighted by Gasteiger charge is -2.11. The van der Waals surface area contributed by atoms with Crippen LogP contribution in [0.25, 0.3) is 0 Å². The van der Waals surface area contributed by atoms with Crippen molar-refractivity contribution in [2.75, 3.05) is 0 Å². The van der Waals surface area contributed by atoms with Crippen molar-refractivity contribution in [1.82, 2.24) is 0 Å². The van der Waals surface area contributed by atoms with Gasteiger partial charge in [-0.2, -0.15) is 13.2 Å². The number of nitrogens with two attached hydrogens (primary N) is 1. The van der Waals surface area contributed by atoms with Crippen molar-refractivity contribution < 1.29 is 22.4 Å². The molecule has 0 saturated heterocycles. The number of hydrogen-bond donors (Lipinski definition) is 1. The highest BCUT2D eigenvalue weighted by atomic mass is 79.9. The van der Waals surface area contributed by atoms with E-state index in [2.05, 4.69) is 15.9 Å². The molecule has 1 aromatic carbocycles. The third kappa shape index (κ3) is 2.28. The highest BCUT2D eigenvalue weighted by Gasteiger charge is 2.37. The van der Waals surface area contributed by atoms with Gasteiger partial charge in [-0.05, 0) is 28.1 Å². The molecule has 1 rings (SSSR count). The summed E-state index contributed by atoms with van der Waals surface area (Å²) in [5, 5.41) is 0. The molecule has 2 nitrogen and oxygen atoms in total. The van der Waals surface area contributed by atoms with E-state index >= 15 is 0 Å². The van der Waals surface area contributed by atoms with Crippen molar-refractivity contribution >= 4 is 21.8 Å². The molecule has 0 heterocycles. The number of alkyl halides is 3. The van der Waals surface area contributed by atoms with Crippen LogP contribution in [0.3, 0.4) is 0 Å². The predicted octanol–water partition coefficient (Wildman–Crippen LogP) is 2.71. The molecule has 82 valence electrons. The Hall–Kier alpha value is -1.11. The Morgan fingerprint density at radius 3 is 2.27 bits per heavy atom. The van der Waals surface area contributed by atoms with Crippen LogP contribution in [0.15, 0.2) is 16.6 Å². The van der Waals surface area contributed by atoms with Gasteiger partial charge < -0.3 is 5.73 Å². The van der Waals surface area contributed by atoms with Crippen LogP contribution in [0.1, 0.15) is 15.9 Å². The van der Waals surface area contributed by atoms with Crippen LogP contribution in [-0.4, -0.2) is 5.91 Å². The lowest BCUT2D eigenvalue weighted by molar-refractivity contribution is -0.140. The second-order valence-electron chi connectivity index (χ2n) is 2.65. The largest absolute Gasteiger partial charge is 0.420 e. The molecule has 0 atom stereocenters. The molecule has 0 saturated carbocycles. The smallest absolute Gasteiger partial charge is 0.366 e. The monoisotopic (exact) mass is 285 g/mol. The van der Waals surface area contributed by atoms with E-state index in [-0.39, 0.29) is 0 Å². The fourth-order valence-electron chi connectivity index (χ4n) is 1.00. The predicted molar refractivity (Wildman–Crippen MR) is 47.6 cm³/mol. The topological polar surface area (TPSA) is 43.1 Å². The van der Waals surface area contributed by atoms with Crippen LogP contribution in [0.5, 0.6) is 0 Å². The van der Waals surface area contributed by atoms with E-state index in [4.69, 9.17) is 5.73 Å². The molecular weight excluding hydrogens is 282 g/mol. The molecule has 0 aliphatic rings. The summed E-state index contributed by atoms with van der Waals surface area (Å²) in [4.78, 5) is 10.7. The highest BCUT2D eigenvalue weighted by molar-refractivity contribution is 9.10. The molecule has 0 radical (unpaired) electrons. The maximum Gasteiger partial charge on any atom is 0.420 e. The zero-order valence-electron chi connectivity index (χ0n) is 7.03. The SMILES string of the molecule is NC(=O)c1ccc(F)c(C(F)(F)F)c1Br. The Bertz CT molecular complexity index is 416. The van der Waals surface area contributed by atoms with Gasteiger partial charge in [-0.15, -0.1) is 0 Å². The van der Waals surface area contributed by atoms with Crippen molar-refractivity contribution in [2.24, 2.45) is 5.73 Å². The number of halogens is 5. The lowest BCUT2D eigenvalue weighted by atomic mass is 10.1. The summed E-state index contributed by atoms with van der Waals surface area (Å²) in [5.74, 6) is -2.52. The molecule has 0 spiro atoms. The van der Waals surface area contributed by atoms with Gasteiger partial charge in [-0.1, -0.05) is 0 Å². The second-order valence-corrected chi connectivity index (χ2v) is 3.44. The maximum absolute atomic E-state index is 12.9. The average Bonchev–Trinajstić information content (AvgIpc) is 2.00.